The van der Waals surface area contributed by atoms with Crippen LogP contribution >= 0.6 is 15.9 Å². The number of hydrogen-bond acceptors (Lipinski definition) is 4. The molecule has 0 saturated carbocycles. The number of urea groups is 1. The van der Waals surface area contributed by atoms with Crippen molar-refractivity contribution in [3.8, 4) is 5.75 Å². The monoisotopic (exact) mass is 543 g/mol. The Hall–Kier alpha value is -4.17. The lowest BCUT2D eigenvalue weighted by Gasteiger charge is -2.26. The van der Waals surface area contributed by atoms with Gasteiger partial charge in [0.2, 0.25) is 0 Å². The molecule has 4 amide bonds. The fraction of sp³-hybridized carbons (Fsp3) is 0.107. The predicted octanol–water partition coefficient (Wildman–Crippen LogP) is 5.46. The summed E-state index contributed by atoms with van der Waals surface area (Å²) < 4.78 is 8.72. The molecule has 1 saturated heterocycles. The summed E-state index contributed by atoms with van der Waals surface area (Å²) in [4.78, 5) is 39.4. The summed E-state index contributed by atoms with van der Waals surface area (Å²) in [5.74, 6) is -0.606. The lowest BCUT2D eigenvalue weighted by atomic mass is 10.1. The highest BCUT2D eigenvalue weighted by atomic mass is 79.9. The van der Waals surface area contributed by atoms with Gasteiger partial charge >= 0.3 is 6.03 Å². The number of fused-ring (bicyclic) bond motifs is 1. The number of hydrogen-bond donors (Lipinski definition) is 1. The average Bonchev–Trinajstić information content (AvgIpc) is 3.21. The number of nitrogens with one attached hydrogen (secondary N) is 1. The number of aryl methyl sites for hydroxylation is 1. The number of imide groups is 2. The molecule has 0 aliphatic carbocycles. The van der Waals surface area contributed by atoms with Crippen molar-refractivity contribution in [2.45, 2.75) is 13.5 Å². The molecule has 5 rings (SSSR count). The fourth-order valence-electron chi connectivity index (χ4n) is 4.11. The van der Waals surface area contributed by atoms with Crippen molar-refractivity contribution < 1.29 is 19.1 Å². The molecule has 1 aromatic heterocycles. The van der Waals surface area contributed by atoms with Gasteiger partial charge in [0, 0.05) is 27.1 Å². The smallest absolute Gasteiger partial charge is 0.335 e. The molecule has 0 bridgehead atoms. The van der Waals surface area contributed by atoms with Crippen LogP contribution in [0, 0.1) is 6.92 Å². The van der Waals surface area contributed by atoms with Crippen molar-refractivity contribution >= 4 is 56.4 Å². The lowest BCUT2D eigenvalue weighted by Crippen LogP contribution is -2.54. The largest absolute Gasteiger partial charge is 0.492 e. The maximum atomic E-state index is 13.3. The second kappa shape index (κ2) is 9.83. The molecule has 8 heteroatoms. The van der Waals surface area contributed by atoms with E-state index in [9.17, 15) is 14.4 Å². The molecule has 3 aromatic carbocycles. The summed E-state index contributed by atoms with van der Waals surface area (Å²) >= 11 is 3.34. The Morgan fingerprint density at radius 3 is 2.42 bits per heavy atom. The zero-order valence-corrected chi connectivity index (χ0v) is 21.0. The lowest BCUT2D eigenvalue weighted by molar-refractivity contribution is -0.122. The van der Waals surface area contributed by atoms with Crippen LogP contribution in [0.4, 0.5) is 10.5 Å². The van der Waals surface area contributed by atoms with Gasteiger partial charge in [-0.05, 0) is 55.5 Å². The molecule has 2 heterocycles. The van der Waals surface area contributed by atoms with Gasteiger partial charge in [-0.15, -0.1) is 0 Å². The zero-order chi connectivity index (χ0) is 25.2. The highest BCUT2D eigenvalue weighted by Gasteiger charge is 2.37. The first-order chi connectivity index (χ1) is 17.4. The molecule has 0 atom stereocenters. The Balaban J connectivity index is 1.44. The maximum Gasteiger partial charge on any atom is 0.335 e. The van der Waals surface area contributed by atoms with Crippen LogP contribution in [0.5, 0.6) is 5.75 Å². The van der Waals surface area contributed by atoms with E-state index in [1.54, 1.807) is 24.3 Å². The number of anilines is 1. The third kappa shape index (κ3) is 4.67. The highest BCUT2D eigenvalue weighted by Crippen LogP contribution is 2.27. The number of benzene rings is 3. The van der Waals surface area contributed by atoms with E-state index in [4.69, 9.17) is 4.74 Å². The first-order valence-corrected chi connectivity index (χ1v) is 12.1. The van der Waals surface area contributed by atoms with Gasteiger partial charge in [-0.25, -0.2) is 9.69 Å². The number of amides is 4. The molecule has 0 spiro atoms. The fourth-order valence-corrected chi connectivity index (χ4v) is 4.37. The van der Waals surface area contributed by atoms with Crippen molar-refractivity contribution in [3.05, 3.63) is 100 Å². The normalized spacial score (nSPS) is 15.0. The molecule has 1 N–H and O–H groups in total. The summed E-state index contributed by atoms with van der Waals surface area (Å²) in [6.45, 7) is 3.04. The van der Waals surface area contributed by atoms with E-state index in [0.717, 1.165) is 31.6 Å². The molecule has 180 valence electrons. The SMILES string of the molecule is Cc1ccc(OCCn2cc(C=C3C(=O)NC(=O)N(c4ccc(Br)cc4)C3=O)c3ccccc32)cc1. The Labute approximate surface area is 216 Å². The van der Waals surface area contributed by atoms with Gasteiger partial charge in [-0.2, -0.15) is 0 Å². The molecular formula is C28H22BrN3O4. The van der Waals surface area contributed by atoms with Gasteiger partial charge in [-0.3, -0.25) is 14.9 Å². The third-order valence-corrected chi connectivity index (χ3v) is 6.46. The average molecular weight is 544 g/mol. The minimum absolute atomic E-state index is 0.115. The van der Waals surface area contributed by atoms with Crippen molar-refractivity contribution in [2.75, 3.05) is 11.5 Å². The standard InChI is InChI=1S/C28H22BrN3O4/c1-18-6-12-22(13-7-18)36-15-14-31-17-19(23-4-2-3-5-25(23)31)16-24-26(33)30-28(35)32(27(24)34)21-10-8-20(29)9-11-21/h2-13,16-17H,14-15H2,1H3,(H,30,33,35). The quantitative estimate of drug-likeness (QED) is 0.258. The van der Waals surface area contributed by atoms with Crippen LogP contribution in [0.2, 0.25) is 0 Å². The molecule has 1 aliphatic rings. The van der Waals surface area contributed by atoms with Crippen LogP contribution in [0.3, 0.4) is 0 Å². The Morgan fingerprint density at radius 1 is 0.944 bits per heavy atom. The number of para-hydroxylation sites is 1. The van der Waals surface area contributed by atoms with Gasteiger partial charge in [0.1, 0.15) is 17.9 Å². The summed E-state index contributed by atoms with van der Waals surface area (Å²) in [6, 6.07) is 21.5. The van der Waals surface area contributed by atoms with E-state index >= 15 is 0 Å². The number of barbiturate groups is 1. The minimum atomic E-state index is -0.778. The molecule has 7 nitrogen and oxygen atoms in total. The molecule has 1 aliphatic heterocycles. The predicted molar refractivity (Wildman–Crippen MR) is 142 cm³/mol. The van der Waals surface area contributed by atoms with Crippen molar-refractivity contribution in [1.29, 1.82) is 0 Å². The molecule has 0 radical (unpaired) electrons. The third-order valence-electron chi connectivity index (χ3n) is 5.93. The van der Waals surface area contributed by atoms with Gasteiger partial charge in [-0.1, -0.05) is 51.8 Å². The van der Waals surface area contributed by atoms with E-state index in [-0.39, 0.29) is 5.57 Å². The first kappa shape index (κ1) is 23.6. The van der Waals surface area contributed by atoms with E-state index in [0.29, 0.717) is 24.4 Å². The van der Waals surface area contributed by atoms with Gasteiger partial charge in [0.15, 0.2) is 0 Å². The van der Waals surface area contributed by atoms with Gasteiger partial charge in [0.05, 0.1) is 12.2 Å². The molecule has 0 unspecified atom stereocenters. The van der Waals surface area contributed by atoms with Crippen LogP contribution in [0.15, 0.2) is 89.0 Å². The van der Waals surface area contributed by atoms with Gasteiger partial charge < -0.3 is 9.30 Å². The number of rotatable bonds is 6. The number of carbonyl (C=O) groups excluding carboxylic acids is 3. The number of carbonyl (C=O) groups is 3. The molecule has 4 aromatic rings. The number of halogens is 1. The second-order valence-corrected chi connectivity index (χ2v) is 9.31. The van der Waals surface area contributed by atoms with Crippen LogP contribution in [0.1, 0.15) is 11.1 Å². The highest BCUT2D eigenvalue weighted by molar-refractivity contribution is 9.10. The van der Waals surface area contributed by atoms with Crippen LogP contribution in [-0.2, 0) is 16.1 Å². The summed E-state index contributed by atoms with van der Waals surface area (Å²) in [6.07, 6.45) is 3.42. The molecular weight excluding hydrogens is 522 g/mol. The summed E-state index contributed by atoms with van der Waals surface area (Å²) in [5.41, 5.74) is 3.06. The molecule has 36 heavy (non-hydrogen) atoms. The maximum absolute atomic E-state index is 13.3. The van der Waals surface area contributed by atoms with Crippen LogP contribution < -0.4 is 15.0 Å². The van der Waals surface area contributed by atoms with E-state index in [2.05, 4.69) is 21.2 Å². The van der Waals surface area contributed by atoms with E-state index in [1.807, 2.05) is 66.2 Å². The Kier molecular flexibility index (Phi) is 6.43. The zero-order valence-electron chi connectivity index (χ0n) is 19.4. The summed E-state index contributed by atoms with van der Waals surface area (Å²) in [5, 5.41) is 3.16. The first-order valence-electron chi connectivity index (χ1n) is 11.3. The minimum Gasteiger partial charge on any atom is -0.492 e. The number of nitrogens with zero attached hydrogens (tertiary/aromatic N) is 2. The summed E-state index contributed by atoms with van der Waals surface area (Å²) in [7, 11) is 0. The van der Waals surface area contributed by atoms with Crippen molar-refractivity contribution in [2.24, 2.45) is 0 Å². The second-order valence-electron chi connectivity index (χ2n) is 8.39. The topological polar surface area (TPSA) is 80.6 Å². The van der Waals surface area contributed by atoms with Crippen LogP contribution in [0.25, 0.3) is 17.0 Å². The van der Waals surface area contributed by atoms with Crippen molar-refractivity contribution in [1.82, 2.24) is 9.88 Å². The van der Waals surface area contributed by atoms with E-state index in [1.165, 1.54) is 6.08 Å². The Morgan fingerprint density at radius 2 is 1.67 bits per heavy atom. The Bertz CT molecular complexity index is 1500. The number of aromatic nitrogens is 1. The molecule has 1 fully saturated rings. The number of ether oxygens (including phenoxy) is 1. The van der Waals surface area contributed by atoms with Gasteiger partial charge in [0.25, 0.3) is 11.8 Å². The van der Waals surface area contributed by atoms with Crippen LogP contribution in [-0.4, -0.2) is 29.0 Å². The van der Waals surface area contributed by atoms with E-state index < -0.39 is 17.8 Å². The van der Waals surface area contributed by atoms with Crippen molar-refractivity contribution in [3.63, 3.8) is 0 Å².